The van der Waals surface area contributed by atoms with Crippen LogP contribution in [0.25, 0.3) is 0 Å². The number of carbonyl (C=O) groups is 1. The zero-order valence-electron chi connectivity index (χ0n) is 19.8. The summed E-state index contributed by atoms with van der Waals surface area (Å²) in [5.74, 6) is -1.38. The number of likely N-dealkylation sites (tertiary alicyclic amines) is 1. The summed E-state index contributed by atoms with van der Waals surface area (Å²) in [4.78, 5) is 16.9. The van der Waals surface area contributed by atoms with Crippen molar-refractivity contribution in [1.29, 1.82) is 0 Å². The van der Waals surface area contributed by atoms with Gasteiger partial charge in [0, 0.05) is 55.3 Å². The minimum atomic E-state index is -4.30. The molecule has 35 heavy (non-hydrogen) atoms. The standard InChI is InChI=1S/C27H33ClF3N3O/c28-24-16-21(11-12-25(24)32)34(17-20-8-4-5-9-23(20)27(29,30)31)22-14-15-33(18-22)26(35)13-10-19-6-2-1-3-7-19/h1-2,4-6,8,11-12,21-23H,3,7,9-10,13-18,32H2/t21?,22-,23?/m0/s1. The van der Waals surface area contributed by atoms with Gasteiger partial charge < -0.3 is 10.6 Å². The number of amides is 1. The van der Waals surface area contributed by atoms with Gasteiger partial charge in [-0.3, -0.25) is 9.69 Å². The summed E-state index contributed by atoms with van der Waals surface area (Å²) in [6.45, 7) is 1.31. The first kappa shape index (κ1) is 25.8. The summed E-state index contributed by atoms with van der Waals surface area (Å²) >= 11 is 6.35. The molecule has 0 radical (unpaired) electrons. The molecule has 4 aliphatic rings. The minimum Gasteiger partial charge on any atom is -0.398 e. The Morgan fingerprint density at radius 1 is 1.23 bits per heavy atom. The van der Waals surface area contributed by atoms with Crippen LogP contribution in [0.4, 0.5) is 13.2 Å². The third-order valence-corrected chi connectivity index (χ3v) is 7.77. The molecular formula is C27H33ClF3N3O. The van der Waals surface area contributed by atoms with Crippen LogP contribution in [0.5, 0.6) is 0 Å². The van der Waals surface area contributed by atoms with Gasteiger partial charge in [-0.05, 0) is 43.8 Å². The van der Waals surface area contributed by atoms with Crippen molar-refractivity contribution in [1.82, 2.24) is 9.80 Å². The lowest BCUT2D eigenvalue weighted by Gasteiger charge is -2.38. The van der Waals surface area contributed by atoms with Crippen molar-refractivity contribution in [3.05, 3.63) is 70.5 Å². The van der Waals surface area contributed by atoms with E-state index in [-0.39, 0.29) is 31.0 Å². The molecule has 0 aromatic heterocycles. The SMILES string of the molecule is NC1=C(Cl)CC(N(CC2=CC=CCC2C(F)(F)F)[C@H]2CCN(C(=O)CCC3=CC=CCC3)C2)C=C1. The highest BCUT2D eigenvalue weighted by Crippen LogP contribution is 2.38. The van der Waals surface area contributed by atoms with E-state index in [2.05, 4.69) is 17.1 Å². The van der Waals surface area contributed by atoms with Gasteiger partial charge in [-0.25, -0.2) is 0 Å². The number of carbonyl (C=O) groups excluding carboxylic acids is 1. The first-order valence-corrected chi connectivity index (χ1v) is 12.7. The van der Waals surface area contributed by atoms with Crippen molar-refractivity contribution in [3.63, 3.8) is 0 Å². The van der Waals surface area contributed by atoms with E-state index in [9.17, 15) is 18.0 Å². The molecule has 4 rings (SSSR count). The number of rotatable bonds is 7. The molecule has 2 unspecified atom stereocenters. The van der Waals surface area contributed by atoms with Crippen LogP contribution in [0.3, 0.4) is 0 Å². The highest BCUT2D eigenvalue weighted by molar-refractivity contribution is 6.30. The summed E-state index contributed by atoms with van der Waals surface area (Å²) in [6.07, 6.45) is 14.9. The Balaban J connectivity index is 1.46. The van der Waals surface area contributed by atoms with Gasteiger partial charge in [0.05, 0.1) is 5.92 Å². The van der Waals surface area contributed by atoms with Crippen LogP contribution in [0.1, 0.15) is 44.9 Å². The Labute approximate surface area is 210 Å². The second-order valence-electron chi connectivity index (χ2n) is 9.74. The fourth-order valence-corrected chi connectivity index (χ4v) is 5.56. The average molecular weight is 508 g/mol. The summed E-state index contributed by atoms with van der Waals surface area (Å²) in [6, 6.07) is -0.218. The zero-order chi connectivity index (χ0) is 25.0. The van der Waals surface area contributed by atoms with E-state index in [4.69, 9.17) is 17.3 Å². The largest absolute Gasteiger partial charge is 0.398 e. The van der Waals surface area contributed by atoms with Crippen LogP contribution < -0.4 is 5.73 Å². The Morgan fingerprint density at radius 2 is 2.03 bits per heavy atom. The second kappa shape index (κ2) is 11.2. The summed E-state index contributed by atoms with van der Waals surface area (Å²) in [7, 11) is 0. The van der Waals surface area contributed by atoms with Crippen LogP contribution in [0.15, 0.2) is 70.5 Å². The van der Waals surface area contributed by atoms with E-state index in [0.29, 0.717) is 42.2 Å². The van der Waals surface area contributed by atoms with E-state index in [1.54, 1.807) is 24.3 Å². The molecule has 4 nitrogen and oxygen atoms in total. The van der Waals surface area contributed by atoms with Gasteiger partial charge in [-0.15, -0.1) is 0 Å². The minimum absolute atomic E-state index is 0.0440. The fraction of sp³-hybridized carbons (Fsp3) is 0.519. The van der Waals surface area contributed by atoms with Crippen LogP contribution in [-0.2, 0) is 4.79 Å². The second-order valence-corrected chi connectivity index (χ2v) is 10.2. The van der Waals surface area contributed by atoms with Crippen molar-refractivity contribution in [2.45, 2.75) is 63.2 Å². The first-order valence-electron chi connectivity index (χ1n) is 12.3. The molecule has 1 aliphatic heterocycles. The Bertz CT molecular complexity index is 992. The highest BCUT2D eigenvalue weighted by Gasteiger charge is 2.43. The predicted molar refractivity (Wildman–Crippen MR) is 133 cm³/mol. The van der Waals surface area contributed by atoms with Gasteiger partial charge in [0.2, 0.25) is 5.91 Å². The molecule has 1 fully saturated rings. The molecular weight excluding hydrogens is 475 g/mol. The van der Waals surface area contributed by atoms with Gasteiger partial charge in [-0.2, -0.15) is 13.2 Å². The molecule has 0 saturated carbocycles. The lowest BCUT2D eigenvalue weighted by atomic mass is 9.89. The summed E-state index contributed by atoms with van der Waals surface area (Å²) in [5, 5.41) is 0.521. The molecule has 1 amide bonds. The van der Waals surface area contributed by atoms with Gasteiger partial charge in [0.25, 0.3) is 0 Å². The van der Waals surface area contributed by atoms with Crippen molar-refractivity contribution in [3.8, 4) is 0 Å². The third kappa shape index (κ3) is 6.50. The summed E-state index contributed by atoms with van der Waals surface area (Å²) < 4.78 is 41.3. The van der Waals surface area contributed by atoms with Crippen molar-refractivity contribution in [2.24, 2.45) is 11.7 Å². The number of allylic oxidation sites excluding steroid dienone is 8. The van der Waals surface area contributed by atoms with Gasteiger partial charge in [0.15, 0.2) is 0 Å². The Hall–Kier alpha value is -2.25. The number of halogens is 4. The molecule has 0 bridgehead atoms. The number of alkyl halides is 3. The number of nitrogens with two attached hydrogens (primary N) is 1. The van der Waals surface area contributed by atoms with E-state index >= 15 is 0 Å². The number of hydrogen-bond donors (Lipinski definition) is 1. The molecule has 3 aliphatic carbocycles. The summed E-state index contributed by atoms with van der Waals surface area (Å²) in [5.41, 5.74) is 8.06. The number of hydrogen-bond acceptors (Lipinski definition) is 3. The quantitative estimate of drug-likeness (QED) is 0.477. The molecule has 0 aromatic carbocycles. The van der Waals surface area contributed by atoms with E-state index in [1.807, 2.05) is 17.1 Å². The topological polar surface area (TPSA) is 49.6 Å². The fourth-order valence-electron chi connectivity index (χ4n) is 5.34. The van der Waals surface area contributed by atoms with Crippen molar-refractivity contribution >= 4 is 17.5 Å². The van der Waals surface area contributed by atoms with Gasteiger partial charge >= 0.3 is 6.18 Å². The van der Waals surface area contributed by atoms with Crippen LogP contribution in [0, 0.1) is 5.92 Å². The predicted octanol–water partition coefficient (Wildman–Crippen LogP) is 5.75. The zero-order valence-corrected chi connectivity index (χ0v) is 20.6. The highest BCUT2D eigenvalue weighted by atomic mass is 35.5. The molecule has 1 heterocycles. The normalized spacial score (nSPS) is 27.0. The number of nitrogens with zero attached hydrogens (tertiary/aromatic N) is 2. The van der Waals surface area contributed by atoms with Gasteiger partial charge in [0.1, 0.15) is 0 Å². The van der Waals surface area contributed by atoms with Crippen molar-refractivity contribution < 1.29 is 18.0 Å². The maximum atomic E-state index is 13.8. The Morgan fingerprint density at radius 3 is 2.74 bits per heavy atom. The lowest BCUT2D eigenvalue weighted by Crippen LogP contribution is -2.47. The van der Waals surface area contributed by atoms with Gasteiger partial charge in [-0.1, -0.05) is 59.7 Å². The molecule has 1 saturated heterocycles. The van der Waals surface area contributed by atoms with Crippen LogP contribution in [0.2, 0.25) is 0 Å². The van der Waals surface area contributed by atoms with E-state index in [1.165, 1.54) is 5.57 Å². The first-order chi connectivity index (χ1) is 16.7. The average Bonchev–Trinajstić information content (AvgIpc) is 3.33. The molecule has 8 heteroatoms. The maximum Gasteiger partial charge on any atom is 0.395 e. The smallest absolute Gasteiger partial charge is 0.395 e. The van der Waals surface area contributed by atoms with Crippen LogP contribution in [-0.4, -0.2) is 53.6 Å². The molecule has 3 atom stereocenters. The molecule has 190 valence electrons. The Kier molecular flexibility index (Phi) is 8.27. The third-order valence-electron chi connectivity index (χ3n) is 7.40. The molecule has 0 aromatic rings. The maximum absolute atomic E-state index is 13.8. The van der Waals surface area contributed by atoms with Crippen LogP contribution >= 0.6 is 11.6 Å². The lowest BCUT2D eigenvalue weighted by molar-refractivity contribution is -0.164. The van der Waals surface area contributed by atoms with E-state index < -0.39 is 12.1 Å². The molecule has 2 N–H and O–H groups in total. The molecule has 0 spiro atoms. The van der Waals surface area contributed by atoms with E-state index in [0.717, 1.165) is 25.7 Å². The monoisotopic (exact) mass is 507 g/mol. The van der Waals surface area contributed by atoms with Crippen molar-refractivity contribution in [2.75, 3.05) is 19.6 Å².